The van der Waals surface area contributed by atoms with Crippen LogP contribution in [0.25, 0.3) is 21.7 Å². The quantitative estimate of drug-likeness (QED) is 0.802. The Bertz CT molecular complexity index is 783. The molecule has 3 rings (SSSR count). The number of aromatic nitrogens is 3. The maximum Gasteiger partial charge on any atom is 0.130 e. The number of aryl methyl sites for hydroxylation is 1. The van der Waals surface area contributed by atoms with E-state index in [1.54, 1.807) is 36.6 Å². The van der Waals surface area contributed by atoms with Crippen molar-refractivity contribution in [2.75, 3.05) is 12.8 Å². The van der Waals surface area contributed by atoms with Crippen LogP contribution in [0.2, 0.25) is 5.02 Å². The van der Waals surface area contributed by atoms with Crippen LogP contribution in [0.15, 0.2) is 29.9 Å². The number of anilines is 1. The Kier molecular flexibility index (Phi) is 3.57. The summed E-state index contributed by atoms with van der Waals surface area (Å²) in [5, 5.41) is 5.11. The third-order valence-electron chi connectivity index (χ3n) is 3.19. The van der Waals surface area contributed by atoms with Crippen LogP contribution in [-0.2, 0) is 7.05 Å². The summed E-state index contributed by atoms with van der Waals surface area (Å²) in [6.45, 7) is 0. The molecule has 0 radical (unpaired) electrons. The smallest absolute Gasteiger partial charge is 0.130 e. The second-order valence-electron chi connectivity index (χ2n) is 4.44. The first kappa shape index (κ1) is 13.9. The lowest BCUT2D eigenvalue weighted by molar-refractivity contribution is 0.416. The molecule has 0 saturated heterocycles. The zero-order valence-corrected chi connectivity index (χ0v) is 13.1. The van der Waals surface area contributed by atoms with E-state index in [1.165, 1.54) is 11.3 Å². The summed E-state index contributed by atoms with van der Waals surface area (Å²) in [5.74, 6) is 1.25. The SMILES string of the molecule is COc1ccc(Cl)cc1-c1c(-c2cncs2)nn(C)c1N. The lowest BCUT2D eigenvalue weighted by Gasteiger charge is -2.09. The number of rotatable bonds is 3. The fourth-order valence-corrected chi connectivity index (χ4v) is 2.97. The van der Waals surface area contributed by atoms with Crippen molar-refractivity contribution in [2.24, 2.45) is 7.05 Å². The number of hydrogen-bond donors (Lipinski definition) is 1. The van der Waals surface area contributed by atoms with E-state index in [9.17, 15) is 0 Å². The first-order valence-electron chi connectivity index (χ1n) is 6.17. The molecule has 5 nitrogen and oxygen atoms in total. The van der Waals surface area contributed by atoms with Crippen LogP contribution < -0.4 is 10.5 Å². The Morgan fingerprint density at radius 2 is 2.19 bits per heavy atom. The normalized spacial score (nSPS) is 10.8. The molecule has 0 aliphatic carbocycles. The van der Waals surface area contributed by atoms with E-state index in [0.717, 1.165) is 21.7 Å². The van der Waals surface area contributed by atoms with Crippen LogP contribution in [-0.4, -0.2) is 21.9 Å². The van der Waals surface area contributed by atoms with Crippen molar-refractivity contribution in [1.82, 2.24) is 14.8 Å². The van der Waals surface area contributed by atoms with Gasteiger partial charge in [0.05, 0.1) is 23.1 Å². The Hall–Kier alpha value is -2.05. The molecule has 0 aliphatic rings. The van der Waals surface area contributed by atoms with E-state index in [0.29, 0.717) is 16.6 Å². The molecule has 0 spiro atoms. The summed E-state index contributed by atoms with van der Waals surface area (Å²) in [7, 11) is 3.42. The molecular weight excluding hydrogens is 308 g/mol. The summed E-state index contributed by atoms with van der Waals surface area (Å²) >= 11 is 7.63. The van der Waals surface area contributed by atoms with Crippen molar-refractivity contribution < 1.29 is 4.74 Å². The summed E-state index contributed by atoms with van der Waals surface area (Å²) in [6.07, 6.45) is 1.77. The Morgan fingerprint density at radius 3 is 2.86 bits per heavy atom. The van der Waals surface area contributed by atoms with E-state index >= 15 is 0 Å². The monoisotopic (exact) mass is 320 g/mol. The van der Waals surface area contributed by atoms with E-state index in [-0.39, 0.29) is 0 Å². The van der Waals surface area contributed by atoms with Gasteiger partial charge >= 0.3 is 0 Å². The standard InChI is InChI=1S/C14H13ClN4OS/c1-19-14(16)12(13(18-19)11-6-17-7-21-11)9-5-8(15)3-4-10(9)20-2/h3-7H,16H2,1-2H3. The van der Waals surface area contributed by atoms with Crippen LogP contribution in [0.4, 0.5) is 5.82 Å². The van der Waals surface area contributed by atoms with Gasteiger partial charge in [-0.05, 0) is 18.2 Å². The van der Waals surface area contributed by atoms with Gasteiger partial charge < -0.3 is 10.5 Å². The Balaban J connectivity index is 2.30. The number of nitrogen functional groups attached to an aromatic ring is 1. The van der Waals surface area contributed by atoms with Crippen molar-refractivity contribution in [3.63, 3.8) is 0 Å². The van der Waals surface area contributed by atoms with Crippen LogP contribution in [0.1, 0.15) is 0 Å². The fraction of sp³-hybridized carbons (Fsp3) is 0.143. The van der Waals surface area contributed by atoms with E-state index in [4.69, 9.17) is 22.1 Å². The molecule has 0 unspecified atom stereocenters. The number of nitrogens with zero attached hydrogens (tertiary/aromatic N) is 3. The molecule has 2 heterocycles. The molecule has 1 aromatic carbocycles. The van der Waals surface area contributed by atoms with Crippen molar-refractivity contribution in [2.45, 2.75) is 0 Å². The van der Waals surface area contributed by atoms with Gasteiger partial charge in [0.15, 0.2) is 0 Å². The third kappa shape index (κ3) is 2.36. The minimum absolute atomic E-state index is 0.555. The molecule has 21 heavy (non-hydrogen) atoms. The predicted molar refractivity (Wildman–Crippen MR) is 85.7 cm³/mol. The first-order chi connectivity index (χ1) is 10.1. The minimum atomic E-state index is 0.555. The van der Waals surface area contributed by atoms with Gasteiger partial charge in [0.1, 0.15) is 17.3 Å². The van der Waals surface area contributed by atoms with Gasteiger partial charge in [0.25, 0.3) is 0 Å². The van der Waals surface area contributed by atoms with Gasteiger partial charge in [0, 0.05) is 23.8 Å². The highest BCUT2D eigenvalue weighted by atomic mass is 35.5. The molecule has 0 amide bonds. The number of benzene rings is 1. The molecule has 2 N–H and O–H groups in total. The van der Waals surface area contributed by atoms with E-state index in [1.807, 2.05) is 12.1 Å². The van der Waals surface area contributed by atoms with Crippen LogP contribution in [0, 0.1) is 0 Å². The molecule has 7 heteroatoms. The van der Waals surface area contributed by atoms with Crippen molar-refractivity contribution in [3.05, 3.63) is 34.9 Å². The highest BCUT2D eigenvalue weighted by Crippen LogP contribution is 2.42. The second-order valence-corrected chi connectivity index (χ2v) is 5.77. The molecule has 0 atom stereocenters. The Labute approximate surface area is 130 Å². The largest absolute Gasteiger partial charge is 0.496 e. The molecule has 2 aromatic heterocycles. The molecule has 0 fully saturated rings. The highest BCUT2D eigenvalue weighted by molar-refractivity contribution is 7.13. The third-order valence-corrected chi connectivity index (χ3v) is 4.20. The summed E-state index contributed by atoms with van der Waals surface area (Å²) in [4.78, 5) is 5.05. The summed E-state index contributed by atoms with van der Waals surface area (Å²) in [6, 6.07) is 5.43. The summed E-state index contributed by atoms with van der Waals surface area (Å²) < 4.78 is 7.07. The fourth-order valence-electron chi connectivity index (χ4n) is 2.18. The number of methoxy groups -OCH3 is 1. The van der Waals surface area contributed by atoms with Crippen molar-refractivity contribution >= 4 is 28.8 Å². The lowest BCUT2D eigenvalue weighted by Crippen LogP contribution is -1.98. The molecule has 3 aromatic rings. The zero-order valence-electron chi connectivity index (χ0n) is 11.5. The van der Waals surface area contributed by atoms with Gasteiger partial charge in [0.2, 0.25) is 0 Å². The number of ether oxygens (including phenoxy) is 1. The number of nitrogens with two attached hydrogens (primary N) is 1. The number of halogens is 1. The molecular formula is C14H13ClN4OS. The van der Waals surface area contributed by atoms with Gasteiger partial charge in [-0.15, -0.1) is 11.3 Å². The van der Waals surface area contributed by atoms with Gasteiger partial charge in [-0.3, -0.25) is 9.67 Å². The van der Waals surface area contributed by atoms with E-state index in [2.05, 4.69) is 10.1 Å². The first-order valence-corrected chi connectivity index (χ1v) is 7.43. The Morgan fingerprint density at radius 1 is 1.38 bits per heavy atom. The van der Waals surface area contributed by atoms with Crippen LogP contribution >= 0.6 is 22.9 Å². The minimum Gasteiger partial charge on any atom is -0.496 e. The van der Waals surface area contributed by atoms with Crippen LogP contribution in [0.5, 0.6) is 5.75 Å². The average molecular weight is 321 g/mol. The molecule has 0 bridgehead atoms. The molecule has 0 aliphatic heterocycles. The van der Waals surface area contributed by atoms with E-state index < -0.39 is 0 Å². The van der Waals surface area contributed by atoms with Crippen molar-refractivity contribution in [1.29, 1.82) is 0 Å². The zero-order chi connectivity index (χ0) is 15.0. The molecule has 0 saturated carbocycles. The predicted octanol–water partition coefficient (Wildman–Crippen LogP) is 3.45. The van der Waals surface area contributed by atoms with Gasteiger partial charge in [-0.1, -0.05) is 11.6 Å². The number of thiazole rings is 1. The maximum absolute atomic E-state index is 6.20. The topological polar surface area (TPSA) is 66.0 Å². The second kappa shape index (κ2) is 5.38. The lowest BCUT2D eigenvalue weighted by atomic mass is 10.0. The van der Waals surface area contributed by atoms with Gasteiger partial charge in [-0.2, -0.15) is 5.10 Å². The van der Waals surface area contributed by atoms with Gasteiger partial charge in [-0.25, -0.2) is 0 Å². The highest BCUT2D eigenvalue weighted by Gasteiger charge is 2.21. The van der Waals surface area contributed by atoms with Crippen molar-refractivity contribution in [3.8, 4) is 27.4 Å². The average Bonchev–Trinajstić information content (AvgIpc) is 3.08. The van der Waals surface area contributed by atoms with Crippen LogP contribution in [0.3, 0.4) is 0 Å². The molecule has 108 valence electrons. The number of hydrogen-bond acceptors (Lipinski definition) is 5. The summed E-state index contributed by atoms with van der Waals surface area (Å²) in [5.41, 5.74) is 10.4. The maximum atomic E-state index is 6.20.